The van der Waals surface area contributed by atoms with Gasteiger partial charge in [0.2, 0.25) is 0 Å². The van der Waals surface area contributed by atoms with E-state index < -0.39 is 0 Å². The van der Waals surface area contributed by atoms with E-state index in [0.717, 1.165) is 37.9 Å². The van der Waals surface area contributed by atoms with Crippen LogP contribution in [0.25, 0.3) is 0 Å². The quantitative estimate of drug-likeness (QED) is 0.940. The van der Waals surface area contributed by atoms with Crippen LogP contribution in [0, 0.1) is 6.92 Å². The molecule has 2 heterocycles. The van der Waals surface area contributed by atoms with Crippen LogP contribution >= 0.6 is 0 Å². The summed E-state index contributed by atoms with van der Waals surface area (Å²) in [6, 6.07) is 10.8. The number of anilines is 2. The molecule has 1 aromatic carbocycles. The molecule has 0 spiro atoms. The first-order valence-electron chi connectivity index (χ1n) is 7.71. The summed E-state index contributed by atoms with van der Waals surface area (Å²) < 4.78 is 5.42. The lowest BCUT2D eigenvalue weighted by Gasteiger charge is -2.29. The number of morpholine rings is 1. The average molecular weight is 298 g/mol. The van der Waals surface area contributed by atoms with Gasteiger partial charge in [-0.05, 0) is 37.6 Å². The summed E-state index contributed by atoms with van der Waals surface area (Å²) in [5.74, 6) is 1.64. The fourth-order valence-electron chi connectivity index (χ4n) is 2.65. The van der Waals surface area contributed by atoms with Gasteiger partial charge in [0.15, 0.2) is 0 Å². The third-order valence-corrected chi connectivity index (χ3v) is 3.89. The minimum atomic E-state index is 0.190. The van der Waals surface area contributed by atoms with E-state index >= 15 is 0 Å². The van der Waals surface area contributed by atoms with Crippen molar-refractivity contribution in [1.29, 1.82) is 0 Å². The van der Waals surface area contributed by atoms with Gasteiger partial charge in [0, 0.05) is 25.0 Å². The van der Waals surface area contributed by atoms with Crippen LogP contribution < -0.4 is 10.2 Å². The second-order valence-electron chi connectivity index (χ2n) is 5.55. The Labute approximate surface area is 131 Å². The van der Waals surface area contributed by atoms with Gasteiger partial charge in [-0.1, -0.05) is 12.1 Å². The number of aromatic nitrogens is 2. The van der Waals surface area contributed by atoms with Gasteiger partial charge in [-0.25, -0.2) is 9.97 Å². The summed E-state index contributed by atoms with van der Waals surface area (Å²) in [5.41, 5.74) is 2.51. The summed E-state index contributed by atoms with van der Waals surface area (Å²) >= 11 is 0. The zero-order valence-corrected chi connectivity index (χ0v) is 13.1. The fourth-order valence-corrected chi connectivity index (χ4v) is 2.65. The summed E-state index contributed by atoms with van der Waals surface area (Å²) in [4.78, 5) is 10.9. The van der Waals surface area contributed by atoms with Crippen LogP contribution in [0.3, 0.4) is 0 Å². The smallest absolute Gasteiger partial charge is 0.130 e. The maximum Gasteiger partial charge on any atom is 0.130 e. The molecule has 116 valence electrons. The number of aryl methyl sites for hydroxylation is 1. The zero-order valence-electron chi connectivity index (χ0n) is 13.1. The first-order valence-corrected chi connectivity index (χ1v) is 7.71. The Morgan fingerprint density at radius 1 is 1.23 bits per heavy atom. The molecule has 22 heavy (non-hydrogen) atoms. The van der Waals surface area contributed by atoms with Gasteiger partial charge in [0.1, 0.15) is 11.6 Å². The van der Waals surface area contributed by atoms with Crippen LogP contribution in [-0.4, -0.2) is 36.3 Å². The SMILES string of the molecule is Cc1nccc(NC(C)c2cccc(N3CCOCC3)c2)n1. The predicted octanol–water partition coefficient (Wildman–Crippen LogP) is 2.79. The number of hydrogen-bond donors (Lipinski definition) is 1. The van der Waals surface area contributed by atoms with Gasteiger partial charge >= 0.3 is 0 Å². The number of hydrogen-bond acceptors (Lipinski definition) is 5. The highest BCUT2D eigenvalue weighted by Crippen LogP contribution is 2.23. The van der Waals surface area contributed by atoms with Crippen molar-refractivity contribution in [3.8, 4) is 0 Å². The lowest BCUT2D eigenvalue weighted by Crippen LogP contribution is -2.36. The van der Waals surface area contributed by atoms with Crippen molar-refractivity contribution in [2.24, 2.45) is 0 Å². The van der Waals surface area contributed by atoms with Crippen molar-refractivity contribution in [2.75, 3.05) is 36.5 Å². The normalized spacial score (nSPS) is 16.4. The third-order valence-electron chi connectivity index (χ3n) is 3.89. The second kappa shape index (κ2) is 6.75. The van der Waals surface area contributed by atoms with E-state index in [-0.39, 0.29) is 6.04 Å². The fraction of sp³-hybridized carbons (Fsp3) is 0.412. The van der Waals surface area contributed by atoms with Crippen LogP contribution in [0.2, 0.25) is 0 Å². The average Bonchev–Trinajstić information content (AvgIpc) is 2.56. The summed E-state index contributed by atoms with van der Waals surface area (Å²) in [5, 5.41) is 3.43. The molecule has 1 fully saturated rings. The Hall–Kier alpha value is -2.14. The summed E-state index contributed by atoms with van der Waals surface area (Å²) in [6.07, 6.45) is 1.78. The first-order chi connectivity index (χ1) is 10.7. The summed E-state index contributed by atoms with van der Waals surface area (Å²) in [6.45, 7) is 7.56. The number of nitrogens with zero attached hydrogens (tertiary/aromatic N) is 3. The first kappa shape index (κ1) is 14.8. The monoisotopic (exact) mass is 298 g/mol. The Morgan fingerprint density at radius 3 is 2.82 bits per heavy atom. The van der Waals surface area contributed by atoms with E-state index in [4.69, 9.17) is 4.74 Å². The van der Waals surface area contributed by atoms with E-state index in [9.17, 15) is 0 Å². The van der Waals surface area contributed by atoms with E-state index in [1.807, 2.05) is 13.0 Å². The lowest BCUT2D eigenvalue weighted by molar-refractivity contribution is 0.122. The van der Waals surface area contributed by atoms with Crippen LogP contribution in [0.4, 0.5) is 11.5 Å². The van der Waals surface area contributed by atoms with Gasteiger partial charge < -0.3 is 15.0 Å². The van der Waals surface area contributed by atoms with Gasteiger partial charge in [0.05, 0.1) is 19.3 Å². The molecule has 0 radical (unpaired) electrons. The van der Waals surface area contributed by atoms with E-state index in [1.165, 1.54) is 11.3 Å². The van der Waals surface area contributed by atoms with Crippen molar-refractivity contribution >= 4 is 11.5 Å². The molecule has 5 heteroatoms. The number of nitrogens with one attached hydrogen (secondary N) is 1. The highest BCUT2D eigenvalue weighted by Gasteiger charge is 2.13. The molecule has 0 bridgehead atoms. The largest absolute Gasteiger partial charge is 0.378 e. The molecule has 3 rings (SSSR count). The lowest BCUT2D eigenvalue weighted by atomic mass is 10.1. The topological polar surface area (TPSA) is 50.3 Å². The molecule has 1 aromatic heterocycles. The maximum absolute atomic E-state index is 5.42. The van der Waals surface area contributed by atoms with Crippen LogP contribution in [0.15, 0.2) is 36.5 Å². The molecule has 0 aliphatic carbocycles. The highest BCUT2D eigenvalue weighted by atomic mass is 16.5. The third kappa shape index (κ3) is 3.54. The molecular weight excluding hydrogens is 276 g/mol. The molecule has 1 N–H and O–H groups in total. The molecule has 1 unspecified atom stereocenters. The highest BCUT2D eigenvalue weighted by molar-refractivity contribution is 5.50. The molecule has 1 atom stereocenters. The summed E-state index contributed by atoms with van der Waals surface area (Å²) in [7, 11) is 0. The number of rotatable bonds is 4. The second-order valence-corrected chi connectivity index (χ2v) is 5.55. The van der Waals surface area contributed by atoms with E-state index in [0.29, 0.717) is 0 Å². The van der Waals surface area contributed by atoms with E-state index in [1.54, 1.807) is 6.20 Å². The maximum atomic E-state index is 5.42. The van der Waals surface area contributed by atoms with Crippen molar-refractivity contribution in [3.63, 3.8) is 0 Å². The van der Waals surface area contributed by atoms with E-state index in [2.05, 4.69) is 51.4 Å². The molecule has 1 aliphatic heterocycles. The number of benzene rings is 1. The van der Waals surface area contributed by atoms with Gasteiger partial charge in [-0.2, -0.15) is 0 Å². The molecule has 2 aromatic rings. The Bertz CT molecular complexity index is 626. The zero-order chi connectivity index (χ0) is 15.4. The Morgan fingerprint density at radius 2 is 2.05 bits per heavy atom. The minimum Gasteiger partial charge on any atom is -0.378 e. The van der Waals surface area contributed by atoms with Gasteiger partial charge in [0.25, 0.3) is 0 Å². The predicted molar refractivity (Wildman–Crippen MR) is 88.3 cm³/mol. The molecule has 1 aliphatic rings. The minimum absolute atomic E-state index is 0.190. The Balaban J connectivity index is 1.73. The Kier molecular flexibility index (Phi) is 4.53. The van der Waals surface area contributed by atoms with Crippen molar-refractivity contribution < 1.29 is 4.74 Å². The van der Waals surface area contributed by atoms with Crippen molar-refractivity contribution in [2.45, 2.75) is 19.9 Å². The molecule has 0 saturated carbocycles. The molecule has 5 nitrogen and oxygen atoms in total. The van der Waals surface area contributed by atoms with Crippen LogP contribution in [0.5, 0.6) is 0 Å². The van der Waals surface area contributed by atoms with Crippen molar-refractivity contribution in [1.82, 2.24) is 9.97 Å². The number of ether oxygens (including phenoxy) is 1. The van der Waals surface area contributed by atoms with Crippen LogP contribution in [0.1, 0.15) is 24.4 Å². The molecule has 0 amide bonds. The van der Waals surface area contributed by atoms with Crippen LogP contribution in [-0.2, 0) is 4.74 Å². The van der Waals surface area contributed by atoms with Crippen molar-refractivity contribution in [3.05, 3.63) is 47.9 Å². The standard InChI is InChI=1S/C17H22N4O/c1-13(19-17-6-7-18-14(2)20-17)15-4-3-5-16(12-15)21-8-10-22-11-9-21/h3-7,12-13H,8-11H2,1-2H3,(H,18,19,20). The van der Waals surface area contributed by atoms with Gasteiger partial charge in [-0.15, -0.1) is 0 Å². The van der Waals surface area contributed by atoms with Gasteiger partial charge in [-0.3, -0.25) is 0 Å². The molecular formula is C17H22N4O. The molecule has 1 saturated heterocycles.